The second kappa shape index (κ2) is 6.05. The van der Waals surface area contributed by atoms with Gasteiger partial charge in [-0.05, 0) is 28.1 Å². The fraction of sp³-hybridized carbons (Fsp3) is 0. The Labute approximate surface area is 132 Å². The highest BCUT2D eigenvalue weighted by Crippen LogP contribution is 2.24. The fourth-order valence-electron chi connectivity index (χ4n) is 1.25. The Morgan fingerprint density at radius 2 is 1.79 bits per heavy atom. The van der Waals surface area contributed by atoms with Gasteiger partial charge in [-0.2, -0.15) is 0 Å². The van der Waals surface area contributed by atoms with Crippen LogP contribution < -0.4 is 5.32 Å². The van der Waals surface area contributed by atoms with Gasteiger partial charge in [-0.15, -0.1) is 0 Å². The molecule has 2 aromatic rings. The Kier molecular flexibility index (Phi) is 4.62. The summed E-state index contributed by atoms with van der Waals surface area (Å²) in [7, 11) is 0. The molecular formula is C11H5BrCl3N3O. The van der Waals surface area contributed by atoms with Crippen LogP contribution in [-0.4, -0.2) is 15.9 Å². The zero-order chi connectivity index (χ0) is 14.0. The molecule has 2 rings (SSSR count). The molecule has 2 aromatic heterocycles. The highest BCUT2D eigenvalue weighted by atomic mass is 79.9. The molecule has 0 aliphatic heterocycles. The molecule has 2 heterocycles. The number of rotatable bonds is 2. The number of hydrogen-bond acceptors (Lipinski definition) is 3. The van der Waals surface area contributed by atoms with Crippen LogP contribution in [0.15, 0.2) is 29.0 Å². The second-order valence-electron chi connectivity index (χ2n) is 3.44. The van der Waals surface area contributed by atoms with Gasteiger partial charge in [0.05, 0.1) is 16.3 Å². The van der Waals surface area contributed by atoms with Crippen molar-refractivity contribution >= 4 is 62.3 Å². The van der Waals surface area contributed by atoms with Crippen molar-refractivity contribution in [2.75, 3.05) is 5.32 Å². The van der Waals surface area contributed by atoms with E-state index in [1.54, 1.807) is 6.07 Å². The first-order valence-corrected chi connectivity index (χ1v) is 6.83. The van der Waals surface area contributed by atoms with E-state index in [9.17, 15) is 4.79 Å². The molecule has 0 aromatic carbocycles. The van der Waals surface area contributed by atoms with E-state index in [0.29, 0.717) is 10.2 Å². The standard InChI is InChI=1S/C11H5BrCl3N3O/c12-6-2-8(10(15)17-4-6)18-11(19)5-1-7(13)9(14)16-3-5/h1-4H,(H,18,19). The van der Waals surface area contributed by atoms with Crippen molar-refractivity contribution in [1.82, 2.24) is 9.97 Å². The Morgan fingerprint density at radius 1 is 1.11 bits per heavy atom. The first kappa shape index (κ1) is 14.5. The number of carbonyl (C=O) groups excluding carboxylic acids is 1. The molecule has 0 saturated heterocycles. The van der Waals surface area contributed by atoms with Gasteiger partial charge in [0.25, 0.3) is 5.91 Å². The third kappa shape index (κ3) is 3.57. The van der Waals surface area contributed by atoms with E-state index < -0.39 is 5.91 Å². The first-order chi connectivity index (χ1) is 8.97. The minimum absolute atomic E-state index is 0.139. The van der Waals surface area contributed by atoms with E-state index in [0.717, 1.165) is 0 Å². The minimum atomic E-state index is -0.409. The number of nitrogens with zero attached hydrogens (tertiary/aromatic N) is 2. The quantitative estimate of drug-likeness (QED) is 0.782. The summed E-state index contributed by atoms with van der Waals surface area (Å²) in [5, 5.41) is 3.13. The van der Waals surface area contributed by atoms with Gasteiger partial charge in [-0.25, -0.2) is 9.97 Å². The van der Waals surface area contributed by atoms with Gasteiger partial charge in [0.2, 0.25) is 0 Å². The van der Waals surface area contributed by atoms with Crippen molar-refractivity contribution < 1.29 is 4.79 Å². The summed E-state index contributed by atoms with van der Waals surface area (Å²) in [6, 6.07) is 3.06. The maximum absolute atomic E-state index is 12.0. The number of hydrogen-bond donors (Lipinski definition) is 1. The molecule has 1 N–H and O–H groups in total. The number of pyridine rings is 2. The molecule has 0 aliphatic carbocycles. The maximum atomic E-state index is 12.0. The van der Waals surface area contributed by atoms with Crippen molar-refractivity contribution in [2.24, 2.45) is 0 Å². The number of aromatic nitrogens is 2. The second-order valence-corrected chi connectivity index (χ2v) is 5.48. The van der Waals surface area contributed by atoms with Crippen LogP contribution in [0.5, 0.6) is 0 Å². The highest BCUT2D eigenvalue weighted by Gasteiger charge is 2.12. The summed E-state index contributed by atoms with van der Waals surface area (Å²) in [6.45, 7) is 0. The number of anilines is 1. The Hall–Kier alpha value is -0.880. The predicted octanol–water partition coefficient (Wildman–Crippen LogP) is 4.45. The molecule has 0 radical (unpaired) electrons. The van der Waals surface area contributed by atoms with Crippen molar-refractivity contribution in [1.29, 1.82) is 0 Å². The molecule has 0 saturated carbocycles. The van der Waals surface area contributed by atoms with Crippen LogP contribution in [0.2, 0.25) is 15.3 Å². The van der Waals surface area contributed by atoms with Crippen LogP contribution in [0.4, 0.5) is 5.69 Å². The van der Waals surface area contributed by atoms with Gasteiger partial charge in [0.15, 0.2) is 5.15 Å². The van der Waals surface area contributed by atoms with Crippen molar-refractivity contribution in [3.63, 3.8) is 0 Å². The molecule has 98 valence electrons. The topological polar surface area (TPSA) is 54.9 Å². The molecule has 0 atom stereocenters. The van der Waals surface area contributed by atoms with Crippen LogP contribution in [0.3, 0.4) is 0 Å². The first-order valence-electron chi connectivity index (χ1n) is 4.91. The molecule has 0 aliphatic rings. The molecule has 0 bridgehead atoms. The molecule has 1 amide bonds. The summed E-state index contributed by atoms with van der Waals surface area (Å²) in [6.07, 6.45) is 2.85. The molecule has 0 spiro atoms. The highest BCUT2D eigenvalue weighted by molar-refractivity contribution is 9.10. The lowest BCUT2D eigenvalue weighted by molar-refractivity contribution is 0.102. The van der Waals surface area contributed by atoms with E-state index in [4.69, 9.17) is 34.8 Å². The Morgan fingerprint density at radius 3 is 2.47 bits per heavy atom. The fourth-order valence-corrected chi connectivity index (χ4v) is 2.00. The van der Waals surface area contributed by atoms with Crippen LogP contribution in [-0.2, 0) is 0 Å². The lowest BCUT2D eigenvalue weighted by Gasteiger charge is -2.07. The third-order valence-electron chi connectivity index (χ3n) is 2.11. The Bertz CT molecular complexity index is 651. The van der Waals surface area contributed by atoms with Gasteiger partial charge in [-0.1, -0.05) is 34.8 Å². The number of carbonyl (C=O) groups is 1. The van der Waals surface area contributed by atoms with Gasteiger partial charge < -0.3 is 5.32 Å². The van der Waals surface area contributed by atoms with Crippen LogP contribution in [0.1, 0.15) is 10.4 Å². The lowest BCUT2D eigenvalue weighted by atomic mass is 10.2. The monoisotopic (exact) mass is 379 g/mol. The third-order valence-corrected chi connectivity index (χ3v) is 3.53. The zero-order valence-corrected chi connectivity index (χ0v) is 13.0. The zero-order valence-electron chi connectivity index (χ0n) is 9.12. The van der Waals surface area contributed by atoms with E-state index in [1.807, 2.05) is 0 Å². The average Bonchev–Trinajstić information content (AvgIpc) is 2.37. The molecule has 4 nitrogen and oxygen atoms in total. The maximum Gasteiger partial charge on any atom is 0.257 e. The molecular weight excluding hydrogens is 376 g/mol. The predicted molar refractivity (Wildman–Crippen MR) is 79.2 cm³/mol. The van der Waals surface area contributed by atoms with Gasteiger partial charge in [-0.3, -0.25) is 4.79 Å². The summed E-state index contributed by atoms with van der Waals surface area (Å²) in [5.41, 5.74) is 0.651. The lowest BCUT2D eigenvalue weighted by Crippen LogP contribution is -2.13. The molecule has 0 fully saturated rings. The van der Waals surface area contributed by atoms with E-state index in [1.165, 1.54) is 18.5 Å². The Balaban J connectivity index is 2.25. The van der Waals surface area contributed by atoms with Crippen molar-refractivity contribution in [2.45, 2.75) is 0 Å². The van der Waals surface area contributed by atoms with Crippen LogP contribution in [0, 0.1) is 0 Å². The summed E-state index contributed by atoms with van der Waals surface area (Å²) in [4.78, 5) is 19.7. The summed E-state index contributed by atoms with van der Waals surface area (Å²) >= 11 is 20.6. The van der Waals surface area contributed by atoms with Crippen molar-refractivity contribution in [3.8, 4) is 0 Å². The smallest absolute Gasteiger partial charge is 0.257 e. The molecule has 19 heavy (non-hydrogen) atoms. The average molecular weight is 381 g/mol. The van der Waals surface area contributed by atoms with Crippen molar-refractivity contribution in [3.05, 3.63) is 49.9 Å². The van der Waals surface area contributed by atoms with Gasteiger partial charge in [0.1, 0.15) is 5.15 Å². The van der Waals surface area contributed by atoms with Crippen LogP contribution in [0.25, 0.3) is 0 Å². The summed E-state index contributed by atoms with van der Waals surface area (Å²) < 4.78 is 0.694. The van der Waals surface area contributed by atoms with Crippen LogP contribution >= 0.6 is 50.7 Å². The SMILES string of the molecule is O=C(Nc1cc(Br)cnc1Cl)c1cnc(Cl)c(Cl)c1. The number of nitrogens with one attached hydrogen (secondary N) is 1. The largest absolute Gasteiger partial charge is 0.319 e. The van der Waals surface area contributed by atoms with Gasteiger partial charge >= 0.3 is 0 Å². The number of amides is 1. The minimum Gasteiger partial charge on any atom is -0.319 e. The van der Waals surface area contributed by atoms with E-state index in [2.05, 4.69) is 31.2 Å². The molecule has 8 heteroatoms. The number of halogens is 4. The normalized spacial score (nSPS) is 10.3. The van der Waals surface area contributed by atoms with Gasteiger partial charge in [0, 0.05) is 16.9 Å². The summed E-state index contributed by atoms with van der Waals surface area (Å²) in [5.74, 6) is -0.409. The van der Waals surface area contributed by atoms with E-state index >= 15 is 0 Å². The molecule has 0 unspecified atom stereocenters. The van der Waals surface area contributed by atoms with E-state index in [-0.39, 0.29) is 20.9 Å².